The zero-order valence-corrected chi connectivity index (χ0v) is 10.1. The van der Waals surface area contributed by atoms with Crippen LogP contribution in [0.15, 0.2) is 24.3 Å². The predicted octanol–water partition coefficient (Wildman–Crippen LogP) is 2.76. The lowest BCUT2D eigenvalue weighted by Crippen LogP contribution is -2.34. The molecular weight excluding hydrogens is 210 g/mol. The zero-order valence-electron chi connectivity index (χ0n) is 9.37. The maximum Gasteiger partial charge on any atom is 0.0706 e. The number of halogens is 1. The summed E-state index contributed by atoms with van der Waals surface area (Å²) in [6.07, 6.45) is -0.439. The number of hydrogen-bond donors (Lipinski definition) is 2. The maximum absolute atomic E-state index is 9.70. The van der Waals surface area contributed by atoms with Crippen molar-refractivity contribution < 1.29 is 5.11 Å². The molecule has 2 N–H and O–H groups in total. The highest BCUT2D eigenvalue weighted by Gasteiger charge is 2.17. The van der Waals surface area contributed by atoms with Crippen LogP contribution in [0.4, 0.5) is 0 Å². The first-order valence-corrected chi connectivity index (χ1v) is 5.58. The standard InChI is InChI=1S/C12H18ClNO/c1-8(2)14-12(9(3)15)10-5-4-6-11(13)7-10/h4-9,12,14-15H,1-3H3. The lowest BCUT2D eigenvalue weighted by atomic mass is 10.0. The quantitative estimate of drug-likeness (QED) is 0.829. The van der Waals surface area contributed by atoms with Crippen LogP contribution in [-0.2, 0) is 0 Å². The highest BCUT2D eigenvalue weighted by atomic mass is 35.5. The van der Waals surface area contributed by atoms with Gasteiger partial charge in [-0.25, -0.2) is 0 Å². The average Bonchev–Trinajstić information content (AvgIpc) is 2.13. The molecule has 0 aliphatic carbocycles. The minimum atomic E-state index is -0.439. The summed E-state index contributed by atoms with van der Waals surface area (Å²) in [5, 5.41) is 13.7. The average molecular weight is 228 g/mol. The lowest BCUT2D eigenvalue weighted by Gasteiger charge is -2.24. The highest BCUT2D eigenvalue weighted by molar-refractivity contribution is 6.30. The van der Waals surface area contributed by atoms with Gasteiger partial charge in [-0.3, -0.25) is 0 Å². The van der Waals surface area contributed by atoms with E-state index in [4.69, 9.17) is 11.6 Å². The Bertz CT molecular complexity index is 312. The molecule has 1 rings (SSSR count). The predicted molar refractivity (Wildman–Crippen MR) is 64.1 cm³/mol. The first kappa shape index (κ1) is 12.5. The minimum absolute atomic E-state index is 0.0660. The monoisotopic (exact) mass is 227 g/mol. The fraction of sp³-hybridized carbons (Fsp3) is 0.500. The Morgan fingerprint density at radius 2 is 1.93 bits per heavy atom. The van der Waals surface area contributed by atoms with Crippen molar-refractivity contribution in [3.05, 3.63) is 34.9 Å². The Morgan fingerprint density at radius 1 is 1.27 bits per heavy atom. The molecule has 0 aliphatic rings. The first-order chi connectivity index (χ1) is 7.00. The second-order valence-corrected chi connectivity index (χ2v) is 4.53. The number of hydrogen-bond acceptors (Lipinski definition) is 2. The molecule has 0 fully saturated rings. The van der Waals surface area contributed by atoms with E-state index in [1.807, 2.05) is 24.3 Å². The number of benzene rings is 1. The van der Waals surface area contributed by atoms with E-state index in [1.54, 1.807) is 6.92 Å². The van der Waals surface area contributed by atoms with Crippen LogP contribution >= 0.6 is 11.6 Å². The third-order valence-corrected chi connectivity index (χ3v) is 2.44. The molecular formula is C12H18ClNO. The molecule has 15 heavy (non-hydrogen) atoms. The van der Waals surface area contributed by atoms with Crippen molar-refractivity contribution in [3.8, 4) is 0 Å². The van der Waals surface area contributed by atoms with Crippen molar-refractivity contribution in [2.24, 2.45) is 0 Å². The van der Waals surface area contributed by atoms with Crippen molar-refractivity contribution in [1.29, 1.82) is 0 Å². The van der Waals surface area contributed by atoms with Gasteiger partial charge in [0.25, 0.3) is 0 Å². The van der Waals surface area contributed by atoms with Crippen molar-refractivity contribution in [1.82, 2.24) is 5.32 Å². The Balaban J connectivity index is 2.88. The second-order valence-electron chi connectivity index (χ2n) is 4.09. The lowest BCUT2D eigenvalue weighted by molar-refractivity contribution is 0.140. The topological polar surface area (TPSA) is 32.3 Å². The van der Waals surface area contributed by atoms with Gasteiger partial charge in [0.1, 0.15) is 0 Å². The minimum Gasteiger partial charge on any atom is -0.391 e. The fourth-order valence-electron chi connectivity index (χ4n) is 1.57. The van der Waals surface area contributed by atoms with Gasteiger partial charge in [0, 0.05) is 11.1 Å². The third-order valence-electron chi connectivity index (χ3n) is 2.20. The van der Waals surface area contributed by atoms with E-state index in [0.717, 1.165) is 5.56 Å². The van der Waals surface area contributed by atoms with Crippen LogP contribution < -0.4 is 5.32 Å². The molecule has 0 saturated carbocycles. The van der Waals surface area contributed by atoms with Crippen LogP contribution in [0.2, 0.25) is 5.02 Å². The van der Waals surface area contributed by atoms with Gasteiger partial charge < -0.3 is 10.4 Å². The van der Waals surface area contributed by atoms with Crippen LogP contribution in [-0.4, -0.2) is 17.3 Å². The molecule has 2 nitrogen and oxygen atoms in total. The molecule has 3 heteroatoms. The van der Waals surface area contributed by atoms with E-state index in [9.17, 15) is 5.11 Å². The SMILES string of the molecule is CC(C)NC(c1cccc(Cl)c1)C(C)O. The van der Waals surface area contributed by atoms with Gasteiger partial charge >= 0.3 is 0 Å². The van der Waals surface area contributed by atoms with Gasteiger partial charge in [-0.1, -0.05) is 37.6 Å². The maximum atomic E-state index is 9.70. The van der Waals surface area contributed by atoms with E-state index in [-0.39, 0.29) is 6.04 Å². The van der Waals surface area contributed by atoms with Crippen molar-refractivity contribution in [2.75, 3.05) is 0 Å². The highest BCUT2D eigenvalue weighted by Crippen LogP contribution is 2.21. The molecule has 2 atom stereocenters. The summed E-state index contributed by atoms with van der Waals surface area (Å²) in [6.45, 7) is 5.89. The summed E-state index contributed by atoms with van der Waals surface area (Å²) in [6, 6.07) is 7.84. The summed E-state index contributed by atoms with van der Waals surface area (Å²) < 4.78 is 0. The van der Waals surface area contributed by atoms with Gasteiger partial charge in [-0.2, -0.15) is 0 Å². The first-order valence-electron chi connectivity index (χ1n) is 5.20. The number of rotatable bonds is 4. The normalized spacial score (nSPS) is 15.3. The summed E-state index contributed by atoms with van der Waals surface area (Å²) >= 11 is 5.92. The second kappa shape index (κ2) is 5.50. The van der Waals surface area contributed by atoms with Gasteiger partial charge in [0.05, 0.1) is 12.1 Å². The summed E-state index contributed by atoms with van der Waals surface area (Å²) in [4.78, 5) is 0. The molecule has 1 aromatic carbocycles. The van der Waals surface area contributed by atoms with Crippen LogP contribution in [0.25, 0.3) is 0 Å². The van der Waals surface area contributed by atoms with E-state index in [0.29, 0.717) is 11.1 Å². The summed E-state index contributed by atoms with van der Waals surface area (Å²) in [7, 11) is 0. The molecule has 1 aromatic rings. The number of nitrogens with one attached hydrogen (secondary N) is 1. The molecule has 0 heterocycles. The number of aliphatic hydroxyl groups excluding tert-OH is 1. The van der Waals surface area contributed by atoms with Crippen LogP contribution in [0.1, 0.15) is 32.4 Å². The van der Waals surface area contributed by atoms with Gasteiger partial charge in [-0.05, 0) is 24.6 Å². The smallest absolute Gasteiger partial charge is 0.0706 e. The van der Waals surface area contributed by atoms with Gasteiger partial charge in [-0.15, -0.1) is 0 Å². The molecule has 0 saturated heterocycles. The van der Waals surface area contributed by atoms with Crippen molar-refractivity contribution >= 4 is 11.6 Å². The molecule has 0 aliphatic heterocycles. The molecule has 0 aromatic heterocycles. The molecule has 0 amide bonds. The van der Waals surface area contributed by atoms with Crippen LogP contribution in [0.3, 0.4) is 0 Å². The van der Waals surface area contributed by atoms with Crippen molar-refractivity contribution in [2.45, 2.75) is 39.0 Å². The largest absolute Gasteiger partial charge is 0.391 e. The van der Waals surface area contributed by atoms with Gasteiger partial charge in [0.2, 0.25) is 0 Å². The van der Waals surface area contributed by atoms with Crippen molar-refractivity contribution in [3.63, 3.8) is 0 Å². The molecule has 0 bridgehead atoms. The summed E-state index contributed by atoms with van der Waals surface area (Å²) in [5.74, 6) is 0. The van der Waals surface area contributed by atoms with E-state index >= 15 is 0 Å². The van der Waals surface area contributed by atoms with E-state index < -0.39 is 6.10 Å². The van der Waals surface area contributed by atoms with E-state index in [1.165, 1.54) is 0 Å². The fourth-order valence-corrected chi connectivity index (χ4v) is 1.77. The summed E-state index contributed by atoms with van der Waals surface area (Å²) in [5.41, 5.74) is 1.02. The Kier molecular flexibility index (Phi) is 4.58. The van der Waals surface area contributed by atoms with Crippen LogP contribution in [0.5, 0.6) is 0 Å². The molecule has 0 spiro atoms. The third kappa shape index (κ3) is 3.82. The Morgan fingerprint density at radius 3 is 2.40 bits per heavy atom. The van der Waals surface area contributed by atoms with Gasteiger partial charge in [0.15, 0.2) is 0 Å². The van der Waals surface area contributed by atoms with Crippen LogP contribution in [0, 0.1) is 0 Å². The van der Waals surface area contributed by atoms with E-state index in [2.05, 4.69) is 19.2 Å². The molecule has 2 unspecified atom stereocenters. The Hall–Kier alpha value is -0.570. The zero-order chi connectivity index (χ0) is 11.4. The molecule has 84 valence electrons. The Labute approximate surface area is 96.3 Å². The molecule has 0 radical (unpaired) electrons. The number of aliphatic hydroxyl groups is 1.